The van der Waals surface area contributed by atoms with E-state index in [0.717, 1.165) is 57.6 Å². The normalized spacial score (nSPS) is 16.5. The zero-order valence-electron chi connectivity index (χ0n) is 13.6. The van der Waals surface area contributed by atoms with E-state index in [1.807, 2.05) is 12.3 Å². The van der Waals surface area contributed by atoms with Gasteiger partial charge < -0.3 is 15.4 Å². The highest BCUT2D eigenvalue weighted by Crippen LogP contribution is 2.04. The van der Waals surface area contributed by atoms with Crippen molar-refractivity contribution in [2.24, 2.45) is 4.99 Å². The number of morpholine rings is 1. The molecular weight excluding hydrogens is 278 g/mol. The lowest BCUT2D eigenvalue weighted by Crippen LogP contribution is -2.44. The van der Waals surface area contributed by atoms with Gasteiger partial charge in [-0.3, -0.25) is 9.88 Å². The molecule has 1 aliphatic heterocycles. The van der Waals surface area contributed by atoms with Crippen molar-refractivity contribution in [2.75, 3.05) is 45.9 Å². The molecule has 2 N–H and O–H groups in total. The third-order valence-electron chi connectivity index (χ3n) is 3.67. The fraction of sp³-hybridized carbons (Fsp3) is 0.625. The van der Waals surface area contributed by atoms with Crippen LogP contribution < -0.4 is 10.6 Å². The summed E-state index contributed by atoms with van der Waals surface area (Å²) in [4.78, 5) is 11.4. The lowest BCUT2D eigenvalue weighted by Gasteiger charge is -2.26. The summed E-state index contributed by atoms with van der Waals surface area (Å²) in [6.07, 6.45) is 1.82. The molecule has 6 nitrogen and oxygen atoms in total. The predicted octanol–water partition coefficient (Wildman–Crippen LogP) is 0.777. The Morgan fingerprint density at radius 3 is 2.91 bits per heavy atom. The number of nitrogens with one attached hydrogen (secondary N) is 2. The van der Waals surface area contributed by atoms with E-state index in [0.29, 0.717) is 6.54 Å². The molecule has 0 aliphatic carbocycles. The maximum absolute atomic E-state index is 5.36. The van der Waals surface area contributed by atoms with Crippen LogP contribution in [0.4, 0.5) is 0 Å². The van der Waals surface area contributed by atoms with Crippen molar-refractivity contribution >= 4 is 5.96 Å². The van der Waals surface area contributed by atoms with Crippen LogP contribution in [-0.2, 0) is 11.3 Å². The van der Waals surface area contributed by atoms with Gasteiger partial charge in [-0.1, -0.05) is 6.07 Å². The molecule has 0 bridgehead atoms. The number of hydrogen-bond donors (Lipinski definition) is 2. The molecule has 1 aliphatic rings. The van der Waals surface area contributed by atoms with E-state index in [1.54, 1.807) is 0 Å². The zero-order chi connectivity index (χ0) is 15.6. The SMILES string of the molecule is CCNC(=NCc1ncccc1C)NCCN1CCOCC1. The van der Waals surface area contributed by atoms with Gasteiger partial charge in [-0.05, 0) is 25.5 Å². The van der Waals surface area contributed by atoms with Gasteiger partial charge in [0, 0.05) is 38.9 Å². The Morgan fingerprint density at radius 1 is 1.36 bits per heavy atom. The second-order valence-corrected chi connectivity index (χ2v) is 5.34. The van der Waals surface area contributed by atoms with Crippen LogP contribution in [0.3, 0.4) is 0 Å². The third-order valence-corrected chi connectivity index (χ3v) is 3.67. The first-order chi connectivity index (χ1) is 10.8. The molecule has 0 aromatic carbocycles. The minimum absolute atomic E-state index is 0.597. The maximum atomic E-state index is 5.36. The van der Waals surface area contributed by atoms with Gasteiger partial charge in [-0.15, -0.1) is 0 Å². The van der Waals surface area contributed by atoms with Crippen molar-refractivity contribution in [3.05, 3.63) is 29.6 Å². The molecule has 0 radical (unpaired) electrons. The summed E-state index contributed by atoms with van der Waals surface area (Å²) in [5, 5.41) is 6.66. The summed E-state index contributed by atoms with van der Waals surface area (Å²) >= 11 is 0. The minimum atomic E-state index is 0.597. The van der Waals surface area contributed by atoms with Crippen LogP contribution in [0.5, 0.6) is 0 Å². The van der Waals surface area contributed by atoms with Gasteiger partial charge in [0.2, 0.25) is 0 Å². The highest BCUT2D eigenvalue weighted by atomic mass is 16.5. The van der Waals surface area contributed by atoms with E-state index in [-0.39, 0.29) is 0 Å². The summed E-state index contributed by atoms with van der Waals surface area (Å²) < 4.78 is 5.36. The molecule has 0 spiro atoms. The number of guanidine groups is 1. The number of aliphatic imine (C=N–C) groups is 1. The van der Waals surface area contributed by atoms with Gasteiger partial charge in [0.25, 0.3) is 0 Å². The zero-order valence-corrected chi connectivity index (χ0v) is 13.6. The standard InChI is InChI=1S/C16H27N5O/c1-3-17-16(19-7-8-21-9-11-22-12-10-21)20-13-15-14(2)5-4-6-18-15/h4-6H,3,7-13H2,1-2H3,(H2,17,19,20). The largest absolute Gasteiger partial charge is 0.379 e. The van der Waals surface area contributed by atoms with Crippen molar-refractivity contribution in [3.63, 3.8) is 0 Å². The van der Waals surface area contributed by atoms with Crippen LogP contribution in [0, 0.1) is 6.92 Å². The van der Waals surface area contributed by atoms with Crippen LogP contribution >= 0.6 is 0 Å². The first kappa shape index (κ1) is 16.7. The van der Waals surface area contributed by atoms with Gasteiger partial charge in [0.1, 0.15) is 0 Å². The molecule has 1 aromatic heterocycles. The quantitative estimate of drug-likeness (QED) is 0.601. The van der Waals surface area contributed by atoms with E-state index < -0.39 is 0 Å². The van der Waals surface area contributed by atoms with Crippen LogP contribution in [0.1, 0.15) is 18.2 Å². The highest BCUT2D eigenvalue weighted by Gasteiger charge is 2.09. The van der Waals surface area contributed by atoms with Crippen molar-refractivity contribution in [3.8, 4) is 0 Å². The Bertz CT molecular complexity index is 471. The summed E-state index contributed by atoms with van der Waals surface area (Å²) in [7, 11) is 0. The van der Waals surface area contributed by atoms with Crippen molar-refractivity contribution in [1.29, 1.82) is 0 Å². The van der Waals surface area contributed by atoms with E-state index in [9.17, 15) is 0 Å². The Kier molecular flexibility index (Phi) is 7.12. The number of aromatic nitrogens is 1. The van der Waals surface area contributed by atoms with Gasteiger partial charge in [0.05, 0.1) is 25.5 Å². The number of ether oxygens (including phenoxy) is 1. The molecule has 2 heterocycles. The van der Waals surface area contributed by atoms with Crippen molar-refractivity contribution < 1.29 is 4.74 Å². The van der Waals surface area contributed by atoms with Crippen LogP contribution in [-0.4, -0.2) is 61.8 Å². The van der Waals surface area contributed by atoms with Gasteiger partial charge >= 0.3 is 0 Å². The molecule has 1 fully saturated rings. The molecule has 22 heavy (non-hydrogen) atoms. The molecule has 6 heteroatoms. The molecule has 0 saturated carbocycles. The fourth-order valence-electron chi connectivity index (χ4n) is 2.34. The number of rotatable bonds is 6. The van der Waals surface area contributed by atoms with Gasteiger partial charge in [-0.2, -0.15) is 0 Å². The van der Waals surface area contributed by atoms with E-state index in [4.69, 9.17) is 4.74 Å². The smallest absolute Gasteiger partial charge is 0.191 e. The summed E-state index contributed by atoms with van der Waals surface area (Å²) in [5.74, 6) is 0.848. The maximum Gasteiger partial charge on any atom is 0.191 e. The monoisotopic (exact) mass is 305 g/mol. The molecule has 0 amide bonds. The van der Waals surface area contributed by atoms with Crippen LogP contribution in [0.25, 0.3) is 0 Å². The highest BCUT2D eigenvalue weighted by molar-refractivity contribution is 5.79. The average molecular weight is 305 g/mol. The molecule has 122 valence electrons. The summed E-state index contributed by atoms with van der Waals surface area (Å²) in [6.45, 7) is 11.2. The van der Waals surface area contributed by atoms with Gasteiger partial charge in [-0.25, -0.2) is 4.99 Å². The molecule has 2 rings (SSSR count). The number of pyridine rings is 1. The fourth-order valence-corrected chi connectivity index (χ4v) is 2.34. The molecular formula is C16H27N5O. The Hall–Kier alpha value is -1.66. The Balaban J connectivity index is 1.80. The number of aryl methyl sites for hydroxylation is 1. The first-order valence-corrected chi connectivity index (χ1v) is 8.02. The molecule has 0 unspecified atom stereocenters. The minimum Gasteiger partial charge on any atom is -0.379 e. The first-order valence-electron chi connectivity index (χ1n) is 8.02. The van der Waals surface area contributed by atoms with Crippen LogP contribution in [0.15, 0.2) is 23.3 Å². The molecule has 1 aromatic rings. The van der Waals surface area contributed by atoms with Crippen LogP contribution in [0.2, 0.25) is 0 Å². The van der Waals surface area contributed by atoms with E-state index in [1.165, 1.54) is 5.56 Å². The second-order valence-electron chi connectivity index (χ2n) is 5.34. The lowest BCUT2D eigenvalue weighted by molar-refractivity contribution is 0.0389. The predicted molar refractivity (Wildman–Crippen MR) is 89.1 cm³/mol. The van der Waals surface area contributed by atoms with Crippen molar-refractivity contribution in [2.45, 2.75) is 20.4 Å². The number of nitrogens with zero attached hydrogens (tertiary/aromatic N) is 3. The average Bonchev–Trinajstić information content (AvgIpc) is 2.55. The third kappa shape index (κ3) is 5.61. The topological polar surface area (TPSA) is 61.8 Å². The second kappa shape index (κ2) is 9.38. The van der Waals surface area contributed by atoms with Gasteiger partial charge in [0.15, 0.2) is 5.96 Å². The Morgan fingerprint density at radius 2 is 2.18 bits per heavy atom. The lowest BCUT2D eigenvalue weighted by atomic mass is 10.2. The molecule has 1 saturated heterocycles. The molecule has 0 atom stereocenters. The summed E-state index contributed by atoms with van der Waals surface area (Å²) in [5.41, 5.74) is 2.20. The summed E-state index contributed by atoms with van der Waals surface area (Å²) in [6, 6.07) is 4.02. The Labute approximate surface area is 133 Å². The van der Waals surface area contributed by atoms with Crippen molar-refractivity contribution in [1.82, 2.24) is 20.5 Å². The van der Waals surface area contributed by atoms with E-state index >= 15 is 0 Å². The number of hydrogen-bond acceptors (Lipinski definition) is 4. The van der Waals surface area contributed by atoms with E-state index in [2.05, 4.69) is 45.4 Å².